The van der Waals surface area contributed by atoms with Crippen LogP contribution in [-0.4, -0.2) is 17.0 Å². The summed E-state index contributed by atoms with van der Waals surface area (Å²) >= 11 is 0. The van der Waals surface area contributed by atoms with Crippen LogP contribution in [-0.2, 0) is 9.68 Å². The van der Waals surface area contributed by atoms with Gasteiger partial charge in [-0.1, -0.05) is 25.5 Å². The number of para-hydroxylation sites is 1. The van der Waals surface area contributed by atoms with Gasteiger partial charge in [0.15, 0.2) is 5.75 Å². The molecule has 92 valence electrons. The van der Waals surface area contributed by atoms with Crippen LogP contribution in [0.5, 0.6) is 5.75 Å². The Morgan fingerprint density at radius 3 is 2.65 bits per heavy atom. The highest BCUT2D eigenvalue weighted by molar-refractivity contribution is 5.90. The molecule has 0 radical (unpaired) electrons. The summed E-state index contributed by atoms with van der Waals surface area (Å²) in [6.07, 6.45) is 1.84. The molecule has 0 heterocycles. The highest BCUT2D eigenvalue weighted by atomic mass is 17.2. The molecule has 0 aliphatic heterocycles. The van der Waals surface area contributed by atoms with Crippen molar-refractivity contribution in [1.82, 2.24) is 0 Å². The summed E-state index contributed by atoms with van der Waals surface area (Å²) < 4.78 is 0. The highest BCUT2D eigenvalue weighted by Gasteiger charge is 2.13. The van der Waals surface area contributed by atoms with E-state index in [1.165, 1.54) is 12.1 Å². The van der Waals surface area contributed by atoms with E-state index in [2.05, 4.69) is 4.89 Å². The monoisotopic (exact) mass is 238 g/mol. The number of benzene rings is 1. The lowest BCUT2D eigenvalue weighted by Gasteiger charge is -2.06. The van der Waals surface area contributed by atoms with Crippen molar-refractivity contribution < 1.29 is 24.5 Å². The molecule has 0 saturated carbocycles. The number of carbonyl (C=O) groups excluding carboxylic acids is 1. The number of unbranched alkanes of at least 4 members (excludes halogenated alkanes) is 1. The van der Waals surface area contributed by atoms with Gasteiger partial charge in [0.05, 0.1) is 6.42 Å². The van der Waals surface area contributed by atoms with Crippen molar-refractivity contribution >= 4 is 11.9 Å². The van der Waals surface area contributed by atoms with Crippen molar-refractivity contribution in [2.45, 2.75) is 26.2 Å². The minimum absolute atomic E-state index is 0.0184. The van der Waals surface area contributed by atoms with Gasteiger partial charge in [-0.05, 0) is 18.6 Å². The molecule has 0 unspecified atom stereocenters. The lowest BCUT2D eigenvalue weighted by atomic mass is 10.2. The Kier molecular flexibility index (Phi) is 5.00. The molecule has 1 rings (SSSR count). The summed E-state index contributed by atoms with van der Waals surface area (Å²) in [5.74, 6) is -1.62. The first kappa shape index (κ1) is 13.0. The van der Waals surface area contributed by atoms with Gasteiger partial charge in [0, 0.05) is 0 Å². The number of hydrogen-bond acceptors (Lipinski definition) is 4. The molecular formula is C12H14O5. The van der Waals surface area contributed by atoms with Crippen LogP contribution in [0.4, 0.5) is 0 Å². The number of rotatable bonds is 6. The van der Waals surface area contributed by atoms with Gasteiger partial charge < -0.3 is 5.11 Å². The molecule has 0 aliphatic carbocycles. The lowest BCUT2D eigenvalue weighted by molar-refractivity contribution is -0.214. The summed E-state index contributed by atoms with van der Waals surface area (Å²) in [6, 6.07) is 5.96. The molecule has 0 aliphatic rings. The van der Waals surface area contributed by atoms with Crippen molar-refractivity contribution in [1.29, 1.82) is 0 Å². The van der Waals surface area contributed by atoms with E-state index in [0.29, 0.717) is 6.42 Å². The Bertz CT molecular complexity index is 400. The van der Waals surface area contributed by atoms with Crippen LogP contribution >= 0.6 is 0 Å². The zero-order valence-electron chi connectivity index (χ0n) is 9.51. The number of aromatic carboxylic acids is 1. The maximum absolute atomic E-state index is 11.2. The summed E-state index contributed by atoms with van der Waals surface area (Å²) in [5.41, 5.74) is -0.0456. The van der Waals surface area contributed by atoms with Gasteiger partial charge in [0.25, 0.3) is 0 Å². The SMILES string of the molecule is CCCCC(=O)OOc1ccccc1C(=O)O. The molecule has 0 spiro atoms. The smallest absolute Gasteiger partial charge is 0.355 e. The third-order valence-corrected chi connectivity index (χ3v) is 2.08. The van der Waals surface area contributed by atoms with Crippen LogP contribution < -0.4 is 4.89 Å². The number of carboxylic acids is 1. The Morgan fingerprint density at radius 2 is 2.00 bits per heavy atom. The van der Waals surface area contributed by atoms with Gasteiger partial charge in [-0.3, -0.25) is 9.78 Å². The van der Waals surface area contributed by atoms with Crippen LogP contribution in [0.1, 0.15) is 36.5 Å². The standard InChI is InChI=1S/C12H14O5/c1-2-3-8-11(13)17-16-10-7-5-4-6-9(10)12(14)15/h4-7H,2-3,8H2,1H3,(H,14,15). The molecule has 0 fully saturated rings. The van der Waals surface area contributed by atoms with E-state index >= 15 is 0 Å². The molecule has 0 atom stereocenters. The minimum Gasteiger partial charge on any atom is -0.478 e. The van der Waals surface area contributed by atoms with Crippen molar-refractivity contribution in [2.75, 3.05) is 0 Å². The predicted molar refractivity (Wildman–Crippen MR) is 59.6 cm³/mol. The van der Waals surface area contributed by atoms with Gasteiger partial charge in [-0.2, -0.15) is 0 Å². The molecule has 1 N–H and O–H groups in total. The van der Waals surface area contributed by atoms with E-state index < -0.39 is 11.9 Å². The Hall–Kier alpha value is -2.04. The molecular weight excluding hydrogens is 224 g/mol. The first-order valence-electron chi connectivity index (χ1n) is 5.34. The molecule has 5 heteroatoms. The van der Waals surface area contributed by atoms with E-state index in [1.807, 2.05) is 6.92 Å². The Labute approximate surface area is 98.9 Å². The molecule has 17 heavy (non-hydrogen) atoms. The van der Waals surface area contributed by atoms with E-state index in [0.717, 1.165) is 6.42 Å². The topological polar surface area (TPSA) is 72.8 Å². The maximum atomic E-state index is 11.2. The zero-order chi connectivity index (χ0) is 12.7. The van der Waals surface area contributed by atoms with E-state index in [1.54, 1.807) is 12.1 Å². The largest absolute Gasteiger partial charge is 0.478 e. The molecule has 0 bridgehead atoms. The van der Waals surface area contributed by atoms with E-state index in [4.69, 9.17) is 9.99 Å². The van der Waals surface area contributed by atoms with E-state index in [-0.39, 0.29) is 17.7 Å². The Morgan fingerprint density at radius 1 is 1.29 bits per heavy atom. The van der Waals surface area contributed by atoms with Gasteiger partial charge in [0.2, 0.25) is 0 Å². The van der Waals surface area contributed by atoms with Crippen LogP contribution in [0, 0.1) is 0 Å². The summed E-state index contributed by atoms with van der Waals surface area (Å²) in [5, 5.41) is 8.85. The van der Waals surface area contributed by atoms with Gasteiger partial charge in [-0.25, -0.2) is 9.59 Å². The average Bonchev–Trinajstić information content (AvgIpc) is 2.34. The van der Waals surface area contributed by atoms with Crippen molar-refractivity contribution in [3.05, 3.63) is 29.8 Å². The Balaban J connectivity index is 2.57. The summed E-state index contributed by atoms with van der Waals surface area (Å²) in [4.78, 5) is 31.2. The number of carbonyl (C=O) groups is 2. The van der Waals surface area contributed by atoms with Crippen LogP contribution in [0.25, 0.3) is 0 Å². The van der Waals surface area contributed by atoms with Crippen LogP contribution in [0.3, 0.4) is 0 Å². The van der Waals surface area contributed by atoms with Crippen molar-refractivity contribution in [2.24, 2.45) is 0 Å². The fourth-order valence-electron chi connectivity index (χ4n) is 1.17. The molecule has 0 saturated heterocycles. The van der Waals surface area contributed by atoms with Crippen molar-refractivity contribution in [3.63, 3.8) is 0 Å². The molecule has 1 aromatic rings. The second kappa shape index (κ2) is 6.52. The second-order valence-corrected chi connectivity index (χ2v) is 3.44. The first-order chi connectivity index (χ1) is 8.15. The molecule has 1 aromatic carbocycles. The molecule has 0 amide bonds. The quantitative estimate of drug-likeness (QED) is 0.608. The fraction of sp³-hybridized carbons (Fsp3) is 0.333. The fourth-order valence-corrected chi connectivity index (χ4v) is 1.17. The average molecular weight is 238 g/mol. The third kappa shape index (κ3) is 4.14. The lowest BCUT2D eigenvalue weighted by Crippen LogP contribution is -2.10. The van der Waals surface area contributed by atoms with Crippen LogP contribution in [0.15, 0.2) is 24.3 Å². The first-order valence-corrected chi connectivity index (χ1v) is 5.34. The normalized spacial score (nSPS) is 9.71. The summed E-state index contributed by atoms with van der Waals surface area (Å²) in [6.45, 7) is 1.95. The maximum Gasteiger partial charge on any atom is 0.355 e. The van der Waals surface area contributed by atoms with E-state index in [9.17, 15) is 9.59 Å². The molecule has 0 aromatic heterocycles. The van der Waals surface area contributed by atoms with Gasteiger partial charge in [-0.15, -0.1) is 0 Å². The van der Waals surface area contributed by atoms with Crippen molar-refractivity contribution in [3.8, 4) is 5.75 Å². The van der Waals surface area contributed by atoms with Gasteiger partial charge in [0.1, 0.15) is 5.56 Å². The number of carboxylic acid groups (broad SMARTS) is 1. The number of hydrogen-bond donors (Lipinski definition) is 1. The van der Waals surface area contributed by atoms with Crippen LogP contribution in [0.2, 0.25) is 0 Å². The highest BCUT2D eigenvalue weighted by Crippen LogP contribution is 2.18. The third-order valence-electron chi connectivity index (χ3n) is 2.08. The minimum atomic E-state index is -1.13. The van der Waals surface area contributed by atoms with Gasteiger partial charge >= 0.3 is 11.9 Å². The summed E-state index contributed by atoms with van der Waals surface area (Å²) in [7, 11) is 0. The molecule has 5 nitrogen and oxygen atoms in total. The second-order valence-electron chi connectivity index (χ2n) is 3.44. The predicted octanol–water partition coefficient (Wildman–Crippen LogP) is 2.41. The zero-order valence-corrected chi connectivity index (χ0v) is 9.51.